The van der Waals surface area contributed by atoms with Crippen LogP contribution in [0.25, 0.3) is 0 Å². The summed E-state index contributed by atoms with van der Waals surface area (Å²) >= 11 is 4.43. The van der Waals surface area contributed by atoms with Gasteiger partial charge in [-0.15, -0.1) is 0 Å². The summed E-state index contributed by atoms with van der Waals surface area (Å²) in [5, 5.41) is 0. The van der Waals surface area contributed by atoms with Gasteiger partial charge in [-0.3, -0.25) is 4.79 Å². The van der Waals surface area contributed by atoms with Gasteiger partial charge in [0.25, 0.3) is 0 Å². The fourth-order valence-electron chi connectivity index (χ4n) is 2.57. The molecule has 7 heteroatoms. The lowest BCUT2D eigenvalue weighted by Gasteiger charge is -2.47. The highest BCUT2D eigenvalue weighted by Gasteiger charge is 2.43. The molecule has 0 aromatic heterocycles. The predicted octanol–water partition coefficient (Wildman–Crippen LogP) is 3.63. The molecule has 0 bridgehead atoms. The number of hydrogen-bond donors (Lipinski definition) is 1. The summed E-state index contributed by atoms with van der Waals surface area (Å²) < 4.78 is 8.20. The first-order chi connectivity index (χ1) is 8.20. The van der Waals surface area contributed by atoms with Crippen molar-refractivity contribution in [3.63, 3.8) is 0 Å². The molecule has 0 saturated carbocycles. The van der Waals surface area contributed by atoms with E-state index in [4.69, 9.17) is 4.43 Å². The fourth-order valence-corrected chi connectivity index (χ4v) is 14.2. The maximum absolute atomic E-state index is 12.5. The van der Waals surface area contributed by atoms with Gasteiger partial charge in [0, 0.05) is 5.75 Å². The number of carbonyl (C=O) groups excluding carboxylic acids is 1. The summed E-state index contributed by atoms with van der Waals surface area (Å²) in [6.45, 7) is 19.9. The number of carbonyl (C=O) groups is 1. The van der Waals surface area contributed by atoms with Crippen molar-refractivity contribution in [1.82, 2.24) is 4.23 Å². The van der Waals surface area contributed by atoms with Gasteiger partial charge in [0.15, 0.2) is 0 Å². The van der Waals surface area contributed by atoms with Crippen LogP contribution in [-0.2, 0) is 9.22 Å². The molecule has 0 rings (SSSR count). The minimum atomic E-state index is -1.84. The van der Waals surface area contributed by atoms with Gasteiger partial charge in [-0.2, -0.15) is 12.6 Å². The first-order valence-corrected chi connectivity index (χ1v) is 17.8. The summed E-state index contributed by atoms with van der Waals surface area (Å²) in [4.78, 5) is 12.5. The monoisotopic (exact) mass is 337 g/mol. The van der Waals surface area contributed by atoms with Crippen LogP contribution in [-0.4, -0.2) is 46.8 Å². The fraction of sp³-hybridized carbons (Fsp3) is 0.917. The molecule has 0 N–H and O–H groups in total. The Morgan fingerprint density at radius 3 is 1.58 bits per heavy atom. The van der Waals surface area contributed by atoms with Gasteiger partial charge in [-0.1, -0.05) is 39.3 Å². The Hall–Kier alpha value is 0.431. The smallest absolute Gasteiger partial charge is 0.309 e. The Balaban J connectivity index is 5.34. The molecule has 19 heavy (non-hydrogen) atoms. The van der Waals surface area contributed by atoms with Gasteiger partial charge in [0.1, 0.15) is 22.5 Å². The third-order valence-corrected chi connectivity index (χ3v) is 11.3. The zero-order chi connectivity index (χ0) is 15.6. The molecule has 3 nitrogen and oxygen atoms in total. The molecule has 1 atom stereocenters. The molecule has 0 spiro atoms. The van der Waals surface area contributed by atoms with Crippen molar-refractivity contribution in [3.05, 3.63) is 0 Å². The van der Waals surface area contributed by atoms with Crippen molar-refractivity contribution in [2.45, 2.75) is 65.0 Å². The van der Waals surface area contributed by atoms with E-state index >= 15 is 0 Å². The van der Waals surface area contributed by atoms with Crippen molar-refractivity contribution >= 4 is 43.4 Å². The minimum Gasteiger partial charge on any atom is -0.519 e. The maximum atomic E-state index is 12.5. The van der Waals surface area contributed by atoms with Gasteiger partial charge >= 0.3 is 5.97 Å². The molecule has 0 radical (unpaired) electrons. The molecule has 0 aliphatic heterocycles. The lowest BCUT2D eigenvalue weighted by atomic mass is 10.4. The molecule has 0 aromatic carbocycles. The summed E-state index contributed by atoms with van der Waals surface area (Å²) in [5.74, 6) is 0.469. The zero-order valence-corrected chi connectivity index (χ0v) is 17.9. The number of thiol groups is 1. The van der Waals surface area contributed by atoms with E-state index in [0.717, 1.165) is 0 Å². The van der Waals surface area contributed by atoms with E-state index in [-0.39, 0.29) is 12.0 Å². The van der Waals surface area contributed by atoms with Crippen LogP contribution in [0, 0.1) is 0 Å². The predicted molar refractivity (Wildman–Crippen MR) is 95.6 cm³/mol. The van der Waals surface area contributed by atoms with Gasteiger partial charge < -0.3 is 8.66 Å². The first-order valence-electron chi connectivity index (χ1n) is 6.83. The van der Waals surface area contributed by atoms with Crippen molar-refractivity contribution < 1.29 is 9.22 Å². The Morgan fingerprint density at radius 1 is 1.00 bits per heavy atom. The first kappa shape index (κ1) is 19.4. The Morgan fingerprint density at radius 2 is 1.37 bits per heavy atom. The van der Waals surface area contributed by atoms with Gasteiger partial charge in [0.2, 0.25) is 8.32 Å². The summed E-state index contributed by atoms with van der Waals surface area (Å²) in [5.41, 5.74) is 0. The summed E-state index contributed by atoms with van der Waals surface area (Å²) in [6, 6.07) is -0.187. The Bertz CT molecular complexity index is 304. The SMILES string of the molecule is C[Si](C)(C)OC(=O)C(CS)N([Si](C)(C)C)[Si](C)(C)C. The van der Waals surface area contributed by atoms with E-state index in [0.29, 0.717) is 5.75 Å². The van der Waals surface area contributed by atoms with Crippen LogP contribution in [0.5, 0.6) is 0 Å². The second-order valence-corrected chi connectivity index (χ2v) is 22.8. The maximum Gasteiger partial charge on any atom is 0.309 e. The molecule has 0 fully saturated rings. The second-order valence-electron chi connectivity index (χ2n) is 7.94. The highest BCUT2D eigenvalue weighted by molar-refractivity contribution is 7.80. The van der Waals surface area contributed by atoms with Crippen LogP contribution in [0.15, 0.2) is 0 Å². The lowest BCUT2D eigenvalue weighted by molar-refractivity contribution is -0.138. The van der Waals surface area contributed by atoms with Crippen LogP contribution in [0.1, 0.15) is 0 Å². The van der Waals surface area contributed by atoms with Gasteiger partial charge in [0.05, 0.1) is 0 Å². The normalized spacial score (nSPS) is 15.5. The quantitative estimate of drug-likeness (QED) is 0.593. The van der Waals surface area contributed by atoms with E-state index in [1.54, 1.807) is 0 Å². The topological polar surface area (TPSA) is 29.5 Å². The molecule has 0 heterocycles. The molecule has 0 amide bonds. The molecule has 0 saturated heterocycles. The van der Waals surface area contributed by atoms with Crippen LogP contribution in [0.4, 0.5) is 0 Å². The van der Waals surface area contributed by atoms with Gasteiger partial charge in [-0.25, -0.2) is 0 Å². The lowest BCUT2D eigenvalue weighted by Crippen LogP contribution is -2.66. The van der Waals surface area contributed by atoms with Crippen molar-refractivity contribution in [2.75, 3.05) is 5.75 Å². The highest BCUT2D eigenvalue weighted by atomic mass is 32.1. The van der Waals surface area contributed by atoms with E-state index in [2.05, 4.69) is 56.1 Å². The second kappa shape index (κ2) is 6.46. The molecule has 114 valence electrons. The van der Waals surface area contributed by atoms with E-state index < -0.39 is 24.8 Å². The van der Waals surface area contributed by atoms with Crippen molar-refractivity contribution in [3.8, 4) is 0 Å². The third-order valence-electron chi connectivity index (χ3n) is 2.61. The summed E-state index contributed by atoms with van der Waals surface area (Å²) in [7, 11) is -5.01. The van der Waals surface area contributed by atoms with Crippen molar-refractivity contribution in [2.24, 2.45) is 0 Å². The Kier molecular flexibility index (Phi) is 6.61. The molecule has 0 aliphatic carbocycles. The third kappa shape index (κ3) is 6.61. The van der Waals surface area contributed by atoms with E-state index in [1.807, 2.05) is 19.6 Å². The largest absolute Gasteiger partial charge is 0.519 e. The molecular weight excluding hydrogens is 306 g/mol. The molecular formula is C12H31NO2SSi3. The number of hydrogen-bond acceptors (Lipinski definition) is 4. The van der Waals surface area contributed by atoms with Crippen LogP contribution >= 0.6 is 12.6 Å². The summed E-state index contributed by atoms with van der Waals surface area (Å²) in [6.07, 6.45) is 0. The number of nitrogens with zero attached hydrogens (tertiary/aromatic N) is 1. The highest BCUT2D eigenvalue weighted by Crippen LogP contribution is 2.25. The molecule has 0 aromatic rings. The standard InChI is InChI=1S/C12H31NO2SSi3/c1-17(2,3)13(18(4,5)6)11(10-16)12(14)15-19(7,8)9/h11,16H,10H2,1-9H3. The van der Waals surface area contributed by atoms with E-state index in [9.17, 15) is 4.79 Å². The average Bonchev–Trinajstić information content (AvgIpc) is 2.05. The van der Waals surface area contributed by atoms with Gasteiger partial charge in [-0.05, 0) is 19.6 Å². The van der Waals surface area contributed by atoms with Crippen LogP contribution in [0.2, 0.25) is 58.9 Å². The van der Waals surface area contributed by atoms with Crippen LogP contribution < -0.4 is 0 Å². The Labute approximate surface area is 127 Å². The van der Waals surface area contributed by atoms with Crippen LogP contribution in [0.3, 0.4) is 0 Å². The van der Waals surface area contributed by atoms with Crippen molar-refractivity contribution in [1.29, 1.82) is 0 Å². The molecule has 0 aliphatic rings. The number of rotatable bonds is 6. The molecule has 1 unspecified atom stereocenters. The zero-order valence-electron chi connectivity index (χ0n) is 14.0. The van der Waals surface area contributed by atoms with E-state index in [1.165, 1.54) is 0 Å². The minimum absolute atomic E-state index is 0.0704. The average molecular weight is 338 g/mol.